The van der Waals surface area contributed by atoms with Crippen LogP contribution in [0.3, 0.4) is 0 Å². The van der Waals surface area contributed by atoms with Gasteiger partial charge < -0.3 is 47.8 Å². The molecule has 17 heteroatoms. The highest BCUT2D eigenvalue weighted by atomic mass is 16.4. The Labute approximate surface area is 203 Å². The Balaban J connectivity index is 5.64. The number of aliphatic carboxylic acids is 4. The summed E-state index contributed by atoms with van der Waals surface area (Å²) in [4.78, 5) is 92.4. The Morgan fingerprint density at radius 3 is 1.42 bits per heavy atom. The van der Waals surface area contributed by atoms with E-state index in [-0.39, 0.29) is 12.8 Å². The molecule has 4 atom stereocenters. The van der Waals surface area contributed by atoms with Crippen molar-refractivity contribution in [3.05, 3.63) is 0 Å². The molecule has 0 heterocycles. The van der Waals surface area contributed by atoms with Gasteiger partial charge >= 0.3 is 23.9 Å². The zero-order chi connectivity index (χ0) is 28.0. The lowest BCUT2D eigenvalue weighted by Crippen LogP contribution is -2.57. The van der Waals surface area contributed by atoms with E-state index in [1.807, 2.05) is 5.32 Å². The first-order chi connectivity index (χ1) is 16.6. The van der Waals surface area contributed by atoms with Gasteiger partial charge in [0.25, 0.3) is 0 Å². The Bertz CT molecular complexity index is 877. The number of carboxylic acids is 4. The van der Waals surface area contributed by atoms with Crippen molar-refractivity contribution in [2.24, 2.45) is 11.5 Å². The van der Waals surface area contributed by atoms with E-state index < -0.39 is 104 Å². The molecular weight excluding hydrogens is 490 g/mol. The van der Waals surface area contributed by atoms with Gasteiger partial charge in [0, 0.05) is 19.3 Å². The molecule has 0 radical (unpaired) electrons. The smallest absolute Gasteiger partial charge is 0.326 e. The van der Waals surface area contributed by atoms with Crippen LogP contribution in [0.2, 0.25) is 0 Å². The first kappa shape index (κ1) is 31.7. The molecule has 0 bridgehead atoms. The standard InChI is InChI=1S/C19H29N5O12/c20-8(1-5-13(26)27)16(32)22-9(2-4-12(21)25)17(33)23-10(3-6-14(28)29)18(34)24-11(19(35)36)7-15(30)31/h8-11H,1-7,20H2,(H2,21,25)(H,22,32)(H,23,33)(H,24,34)(H,26,27)(H,28,29)(H,30,31)(H,35,36). The molecule has 0 aliphatic heterocycles. The van der Waals surface area contributed by atoms with Crippen molar-refractivity contribution in [3.8, 4) is 0 Å². The van der Waals surface area contributed by atoms with Crippen molar-refractivity contribution >= 4 is 47.5 Å². The second kappa shape index (κ2) is 15.6. The summed E-state index contributed by atoms with van der Waals surface area (Å²) in [6, 6.07) is -6.42. The topological polar surface area (TPSA) is 306 Å². The predicted molar refractivity (Wildman–Crippen MR) is 116 cm³/mol. The van der Waals surface area contributed by atoms with Gasteiger partial charge in [0.2, 0.25) is 23.6 Å². The maximum absolute atomic E-state index is 12.8. The molecule has 0 aliphatic carbocycles. The van der Waals surface area contributed by atoms with Gasteiger partial charge in [0.05, 0.1) is 12.5 Å². The minimum absolute atomic E-state index is 0.283. The first-order valence-electron chi connectivity index (χ1n) is 10.5. The molecule has 11 N–H and O–H groups in total. The van der Waals surface area contributed by atoms with Crippen LogP contribution in [0.15, 0.2) is 0 Å². The second-order valence-electron chi connectivity index (χ2n) is 7.60. The lowest BCUT2D eigenvalue weighted by atomic mass is 10.1. The molecule has 17 nitrogen and oxygen atoms in total. The highest BCUT2D eigenvalue weighted by Crippen LogP contribution is 2.05. The van der Waals surface area contributed by atoms with Crippen LogP contribution in [-0.2, 0) is 38.4 Å². The number of hydrogen-bond donors (Lipinski definition) is 9. The number of hydrogen-bond acceptors (Lipinski definition) is 9. The maximum atomic E-state index is 12.8. The lowest BCUT2D eigenvalue weighted by Gasteiger charge is -2.24. The maximum Gasteiger partial charge on any atom is 0.326 e. The van der Waals surface area contributed by atoms with Gasteiger partial charge in [-0.15, -0.1) is 0 Å². The zero-order valence-corrected chi connectivity index (χ0v) is 19.0. The summed E-state index contributed by atoms with van der Waals surface area (Å²) in [6.07, 6.45) is -3.72. The van der Waals surface area contributed by atoms with Crippen molar-refractivity contribution in [1.29, 1.82) is 0 Å². The molecular formula is C19H29N5O12. The summed E-state index contributed by atoms with van der Waals surface area (Å²) >= 11 is 0. The van der Waals surface area contributed by atoms with Crippen LogP contribution in [0, 0.1) is 0 Å². The SMILES string of the molecule is NC(=O)CCC(NC(=O)C(N)CCC(=O)O)C(=O)NC(CCC(=O)O)C(=O)NC(CC(=O)O)C(=O)O. The minimum Gasteiger partial charge on any atom is -0.481 e. The van der Waals surface area contributed by atoms with Crippen molar-refractivity contribution in [3.63, 3.8) is 0 Å². The molecule has 202 valence electrons. The van der Waals surface area contributed by atoms with E-state index in [0.29, 0.717) is 0 Å². The van der Waals surface area contributed by atoms with Crippen LogP contribution in [0.25, 0.3) is 0 Å². The number of carbonyl (C=O) groups is 8. The molecule has 0 spiro atoms. The Morgan fingerprint density at radius 1 is 0.583 bits per heavy atom. The number of nitrogens with one attached hydrogen (secondary N) is 3. The molecule has 0 saturated heterocycles. The van der Waals surface area contributed by atoms with Crippen molar-refractivity contribution < 1.29 is 58.8 Å². The number of carboxylic acid groups (broad SMARTS) is 4. The van der Waals surface area contributed by atoms with Gasteiger partial charge in [-0.1, -0.05) is 0 Å². The number of amides is 4. The van der Waals surface area contributed by atoms with Crippen molar-refractivity contribution in [1.82, 2.24) is 16.0 Å². The van der Waals surface area contributed by atoms with Gasteiger partial charge in [-0.2, -0.15) is 0 Å². The van der Waals surface area contributed by atoms with Crippen molar-refractivity contribution in [2.45, 2.75) is 69.1 Å². The van der Waals surface area contributed by atoms with E-state index in [2.05, 4.69) is 10.6 Å². The molecule has 4 amide bonds. The van der Waals surface area contributed by atoms with Crippen LogP contribution in [0.1, 0.15) is 44.9 Å². The highest BCUT2D eigenvalue weighted by molar-refractivity contribution is 5.95. The van der Waals surface area contributed by atoms with Gasteiger partial charge in [0.1, 0.15) is 18.1 Å². The third-order valence-corrected chi connectivity index (χ3v) is 4.59. The quantitative estimate of drug-likeness (QED) is 0.0843. The number of rotatable bonds is 18. The summed E-state index contributed by atoms with van der Waals surface area (Å²) < 4.78 is 0. The van der Waals surface area contributed by atoms with Gasteiger partial charge in [0.15, 0.2) is 0 Å². The average Bonchev–Trinajstić information content (AvgIpc) is 2.75. The fourth-order valence-electron chi connectivity index (χ4n) is 2.70. The second-order valence-corrected chi connectivity index (χ2v) is 7.60. The van der Waals surface area contributed by atoms with Gasteiger partial charge in [-0.25, -0.2) is 4.79 Å². The van der Waals surface area contributed by atoms with E-state index in [0.717, 1.165) is 0 Å². The molecule has 36 heavy (non-hydrogen) atoms. The van der Waals surface area contributed by atoms with E-state index >= 15 is 0 Å². The fourth-order valence-corrected chi connectivity index (χ4v) is 2.70. The molecule has 0 rings (SSSR count). The van der Waals surface area contributed by atoms with E-state index in [1.165, 1.54) is 0 Å². The van der Waals surface area contributed by atoms with E-state index in [9.17, 15) is 38.4 Å². The van der Waals surface area contributed by atoms with Crippen LogP contribution in [0.4, 0.5) is 0 Å². The molecule has 0 aromatic rings. The van der Waals surface area contributed by atoms with Crippen LogP contribution in [0.5, 0.6) is 0 Å². The Kier molecular flexibility index (Phi) is 13.7. The molecule has 0 aliphatic rings. The Morgan fingerprint density at radius 2 is 1.00 bits per heavy atom. The van der Waals surface area contributed by atoms with Crippen molar-refractivity contribution in [2.75, 3.05) is 0 Å². The molecule has 0 saturated carbocycles. The Hall–Kier alpha value is -4.28. The summed E-state index contributed by atoms with van der Waals surface area (Å²) in [5, 5.41) is 41.7. The summed E-state index contributed by atoms with van der Waals surface area (Å²) in [5.74, 6) is -9.96. The largest absolute Gasteiger partial charge is 0.481 e. The molecule has 4 unspecified atom stereocenters. The third kappa shape index (κ3) is 13.4. The summed E-state index contributed by atoms with van der Waals surface area (Å²) in [6.45, 7) is 0. The molecule has 0 aromatic heterocycles. The molecule has 0 fully saturated rings. The first-order valence-corrected chi connectivity index (χ1v) is 10.5. The zero-order valence-electron chi connectivity index (χ0n) is 19.0. The average molecular weight is 519 g/mol. The normalized spacial score (nSPS) is 13.8. The lowest BCUT2D eigenvalue weighted by molar-refractivity contribution is -0.147. The number of nitrogens with two attached hydrogens (primary N) is 2. The van der Waals surface area contributed by atoms with Crippen LogP contribution < -0.4 is 27.4 Å². The fraction of sp³-hybridized carbons (Fsp3) is 0.579. The number of primary amides is 1. The predicted octanol–water partition coefficient (Wildman–Crippen LogP) is -3.68. The van der Waals surface area contributed by atoms with Crippen LogP contribution in [-0.4, -0.2) is 92.1 Å². The number of carbonyl (C=O) groups excluding carboxylic acids is 4. The summed E-state index contributed by atoms with van der Waals surface area (Å²) in [7, 11) is 0. The summed E-state index contributed by atoms with van der Waals surface area (Å²) in [5.41, 5.74) is 10.7. The van der Waals surface area contributed by atoms with E-state index in [1.54, 1.807) is 0 Å². The minimum atomic E-state index is -1.89. The third-order valence-electron chi connectivity index (χ3n) is 4.59. The highest BCUT2D eigenvalue weighted by Gasteiger charge is 2.31. The van der Waals surface area contributed by atoms with E-state index in [4.69, 9.17) is 31.9 Å². The monoisotopic (exact) mass is 519 g/mol. The van der Waals surface area contributed by atoms with Gasteiger partial charge in [-0.3, -0.25) is 33.6 Å². The van der Waals surface area contributed by atoms with Gasteiger partial charge in [-0.05, 0) is 19.3 Å². The molecule has 0 aromatic carbocycles. The van der Waals surface area contributed by atoms with Crippen LogP contribution >= 0.6 is 0 Å².